The minimum Gasteiger partial charge on any atom is -0.446 e. The first kappa shape index (κ1) is 19.5. The van der Waals surface area contributed by atoms with Crippen molar-refractivity contribution in [2.75, 3.05) is 0 Å². The predicted octanol–water partition coefficient (Wildman–Crippen LogP) is 5.90. The van der Waals surface area contributed by atoms with E-state index in [-0.39, 0.29) is 5.91 Å². The van der Waals surface area contributed by atoms with Gasteiger partial charge in [-0.2, -0.15) is 5.01 Å². The summed E-state index contributed by atoms with van der Waals surface area (Å²) in [5.74, 6) is 0.209. The lowest BCUT2D eigenvalue weighted by Gasteiger charge is -2.21. The molecule has 0 bridgehead atoms. The fraction of sp³-hybridized carbons (Fsp3) is 0.0800. The van der Waals surface area contributed by atoms with E-state index in [2.05, 4.69) is 21.0 Å². The Morgan fingerprint density at radius 1 is 0.935 bits per heavy atom. The van der Waals surface area contributed by atoms with E-state index in [0.717, 1.165) is 37.8 Å². The monoisotopic (exact) mass is 471 g/mol. The molecule has 6 heteroatoms. The largest absolute Gasteiger partial charge is 0.446 e. The number of amides is 1. The second-order valence-corrected chi connectivity index (χ2v) is 8.14. The molecule has 0 unspecified atom stereocenters. The van der Waals surface area contributed by atoms with Crippen LogP contribution in [0.3, 0.4) is 0 Å². The maximum Gasteiger partial charge on any atom is 0.243 e. The molecule has 1 aromatic heterocycles. The van der Waals surface area contributed by atoms with Gasteiger partial charge in [-0.05, 0) is 30.3 Å². The summed E-state index contributed by atoms with van der Waals surface area (Å²) >= 11 is 3.48. The van der Waals surface area contributed by atoms with Gasteiger partial charge in [-0.3, -0.25) is 4.79 Å². The van der Waals surface area contributed by atoms with Gasteiger partial charge in [0.25, 0.3) is 0 Å². The van der Waals surface area contributed by atoms with Gasteiger partial charge in [0.05, 0.1) is 11.2 Å². The number of pyridine rings is 1. The Morgan fingerprint density at radius 3 is 2.45 bits per heavy atom. The quantitative estimate of drug-likeness (QED) is 0.373. The molecule has 152 valence electrons. The standard InChI is InChI=1S/C25H18BrN3O2/c1-16(30)29-25(31-24(28-29)18-10-7-11-19(26)14-18)21-15-23(17-8-3-2-4-9-17)27-22-13-6-5-12-20(21)22/h2-15,25H,1H3/t25-/m1/s1. The molecular weight excluding hydrogens is 454 g/mol. The van der Waals surface area contributed by atoms with Crippen molar-refractivity contribution in [3.05, 3.63) is 101 Å². The molecule has 0 aliphatic carbocycles. The summed E-state index contributed by atoms with van der Waals surface area (Å²) in [6, 6.07) is 27.5. The first-order chi connectivity index (χ1) is 15.1. The Labute approximate surface area is 188 Å². The Kier molecular flexibility index (Phi) is 5.00. The van der Waals surface area contributed by atoms with Crippen molar-refractivity contribution >= 4 is 38.6 Å². The average molecular weight is 472 g/mol. The lowest BCUT2D eigenvalue weighted by molar-refractivity contribution is -0.135. The van der Waals surface area contributed by atoms with Gasteiger partial charge in [-0.15, -0.1) is 5.10 Å². The Balaban J connectivity index is 1.65. The smallest absolute Gasteiger partial charge is 0.243 e. The van der Waals surface area contributed by atoms with Crippen molar-refractivity contribution in [3.8, 4) is 11.3 Å². The number of fused-ring (bicyclic) bond motifs is 1. The zero-order valence-electron chi connectivity index (χ0n) is 16.7. The normalized spacial score (nSPS) is 15.6. The van der Waals surface area contributed by atoms with Gasteiger partial charge >= 0.3 is 0 Å². The number of rotatable bonds is 3. The molecule has 0 radical (unpaired) electrons. The first-order valence-corrected chi connectivity index (χ1v) is 10.7. The summed E-state index contributed by atoms with van der Waals surface area (Å²) < 4.78 is 7.18. The van der Waals surface area contributed by atoms with E-state index in [1.807, 2.05) is 84.9 Å². The van der Waals surface area contributed by atoms with Crippen LogP contribution in [0.5, 0.6) is 0 Å². The molecule has 0 saturated carbocycles. The highest BCUT2D eigenvalue weighted by Crippen LogP contribution is 2.36. The van der Waals surface area contributed by atoms with Crippen LogP contribution >= 0.6 is 15.9 Å². The summed E-state index contributed by atoms with van der Waals surface area (Å²) in [6.07, 6.45) is -0.679. The highest BCUT2D eigenvalue weighted by molar-refractivity contribution is 9.10. The maximum atomic E-state index is 12.5. The number of benzene rings is 3. The number of halogens is 1. The summed E-state index contributed by atoms with van der Waals surface area (Å²) in [5.41, 5.74) is 4.28. The van der Waals surface area contributed by atoms with Crippen LogP contribution < -0.4 is 0 Å². The molecule has 1 atom stereocenters. The molecule has 0 saturated heterocycles. The number of carbonyl (C=O) groups is 1. The molecule has 1 amide bonds. The van der Waals surface area contributed by atoms with Gasteiger partial charge in [0.15, 0.2) is 0 Å². The number of nitrogens with zero attached hydrogens (tertiary/aromatic N) is 3. The van der Waals surface area contributed by atoms with Crippen LogP contribution in [-0.4, -0.2) is 21.8 Å². The fourth-order valence-corrected chi connectivity index (χ4v) is 4.07. The van der Waals surface area contributed by atoms with Gasteiger partial charge in [-0.1, -0.05) is 70.5 Å². The molecule has 5 nitrogen and oxygen atoms in total. The summed E-state index contributed by atoms with van der Waals surface area (Å²) in [5, 5.41) is 6.82. The number of hydrogen-bond acceptors (Lipinski definition) is 4. The number of para-hydroxylation sites is 1. The lowest BCUT2D eigenvalue weighted by Crippen LogP contribution is -2.25. The van der Waals surface area contributed by atoms with Gasteiger partial charge < -0.3 is 4.74 Å². The minimum atomic E-state index is -0.679. The zero-order chi connectivity index (χ0) is 21.4. The molecular formula is C25H18BrN3O2. The van der Waals surface area contributed by atoms with E-state index in [1.54, 1.807) is 0 Å². The van der Waals surface area contributed by atoms with Crippen molar-refractivity contribution in [2.24, 2.45) is 5.10 Å². The van der Waals surface area contributed by atoms with Crippen LogP contribution in [-0.2, 0) is 9.53 Å². The number of aromatic nitrogens is 1. The molecule has 2 heterocycles. The Hall–Kier alpha value is -3.51. The molecule has 5 rings (SSSR count). The number of hydrogen-bond donors (Lipinski definition) is 0. The third kappa shape index (κ3) is 3.70. The minimum absolute atomic E-state index is 0.197. The van der Waals surface area contributed by atoms with Crippen molar-refractivity contribution in [2.45, 2.75) is 13.2 Å². The van der Waals surface area contributed by atoms with Gasteiger partial charge in [0.1, 0.15) is 0 Å². The number of carbonyl (C=O) groups excluding carboxylic acids is 1. The highest BCUT2D eigenvalue weighted by atomic mass is 79.9. The van der Waals surface area contributed by atoms with Crippen LogP contribution in [0.1, 0.15) is 24.3 Å². The molecule has 31 heavy (non-hydrogen) atoms. The van der Waals surface area contributed by atoms with E-state index in [1.165, 1.54) is 11.9 Å². The average Bonchev–Trinajstić information content (AvgIpc) is 3.25. The maximum absolute atomic E-state index is 12.5. The van der Waals surface area contributed by atoms with Crippen molar-refractivity contribution in [1.29, 1.82) is 0 Å². The molecule has 3 aromatic carbocycles. The number of hydrazone groups is 1. The molecule has 0 fully saturated rings. The van der Waals surface area contributed by atoms with Crippen molar-refractivity contribution in [1.82, 2.24) is 9.99 Å². The summed E-state index contributed by atoms with van der Waals surface area (Å²) in [7, 11) is 0. The van der Waals surface area contributed by atoms with Crippen LogP contribution in [0.25, 0.3) is 22.2 Å². The van der Waals surface area contributed by atoms with Gasteiger partial charge in [-0.25, -0.2) is 4.98 Å². The summed E-state index contributed by atoms with van der Waals surface area (Å²) in [4.78, 5) is 17.3. The topological polar surface area (TPSA) is 54.8 Å². The van der Waals surface area contributed by atoms with Crippen LogP contribution in [0.4, 0.5) is 0 Å². The Bertz CT molecular complexity index is 1320. The predicted molar refractivity (Wildman–Crippen MR) is 124 cm³/mol. The fourth-order valence-electron chi connectivity index (χ4n) is 3.67. The van der Waals surface area contributed by atoms with Gasteiger partial charge in [0, 0.05) is 33.5 Å². The first-order valence-electron chi connectivity index (χ1n) is 9.86. The van der Waals surface area contributed by atoms with Crippen LogP contribution in [0.2, 0.25) is 0 Å². The highest BCUT2D eigenvalue weighted by Gasteiger charge is 2.34. The van der Waals surface area contributed by atoms with Crippen LogP contribution in [0, 0.1) is 0 Å². The zero-order valence-corrected chi connectivity index (χ0v) is 18.3. The molecule has 1 aliphatic rings. The van der Waals surface area contributed by atoms with Crippen molar-refractivity contribution < 1.29 is 9.53 Å². The van der Waals surface area contributed by atoms with Crippen molar-refractivity contribution in [3.63, 3.8) is 0 Å². The number of ether oxygens (including phenoxy) is 1. The van der Waals surface area contributed by atoms with E-state index in [0.29, 0.717) is 5.90 Å². The third-order valence-corrected chi connectivity index (χ3v) is 5.62. The van der Waals surface area contributed by atoms with E-state index in [9.17, 15) is 4.79 Å². The van der Waals surface area contributed by atoms with Gasteiger partial charge in [0.2, 0.25) is 18.0 Å². The molecule has 1 aliphatic heterocycles. The Morgan fingerprint density at radius 2 is 1.68 bits per heavy atom. The molecule has 4 aromatic rings. The van der Waals surface area contributed by atoms with E-state index >= 15 is 0 Å². The SMILES string of the molecule is CC(=O)N1N=C(c2cccc(Br)c2)O[C@@H]1c1cc(-c2ccccc2)nc2ccccc12. The molecule has 0 spiro atoms. The second-order valence-electron chi connectivity index (χ2n) is 7.23. The van der Waals surface area contributed by atoms with Crippen LogP contribution in [0.15, 0.2) is 94.5 Å². The second kappa shape index (κ2) is 7.96. The summed E-state index contributed by atoms with van der Waals surface area (Å²) in [6.45, 7) is 1.49. The lowest BCUT2D eigenvalue weighted by atomic mass is 10.0. The van der Waals surface area contributed by atoms with E-state index < -0.39 is 6.23 Å². The van der Waals surface area contributed by atoms with E-state index in [4.69, 9.17) is 9.72 Å². The molecule has 0 N–H and O–H groups in total. The third-order valence-electron chi connectivity index (χ3n) is 5.12.